The molecule has 2 aliphatic rings. The van der Waals surface area contributed by atoms with Crippen LogP contribution in [0.4, 0.5) is 13.2 Å². The SMILES string of the molecule is C[C@@H]1CC[C@H]2[C@H](CC[C@H](C)N2C(=O)c2cc3nc(-c4ccccc4)cc(C(F)(F)F)n3n2)C1. The van der Waals surface area contributed by atoms with Crippen molar-refractivity contribution >= 4 is 11.6 Å². The number of carbonyl (C=O) groups is 1. The van der Waals surface area contributed by atoms with Crippen LogP contribution < -0.4 is 0 Å². The highest BCUT2D eigenvalue weighted by Gasteiger charge is 2.42. The van der Waals surface area contributed by atoms with Crippen LogP contribution >= 0.6 is 0 Å². The van der Waals surface area contributed by atoms with Crippen molar-refractivity contribution in [2.45, 2.75) is 64.2 Å². The fraction of sp³-hybridized carbons (Fsp3) is 0.480. The highest BCUT2D eigenvalue weighted by molar-refractivity contribution is 5.94. The first-order valence-corrected chi connectivity index (χ1v) is 11.6. The van der Waals surface area contributed by atoms with Gasteiger partial charge in [-0.2, -0.15) is 18.3 Å². The monoisotopic (exact) mass is 456 g/mol. The molecular weight excluding hydrogens is 429 g/mol. The number of piperidine rings is 1. The van der Waals surface area contributed by atoms with E-state index in [1.807, 2.05) is 11.8 Å². The summed E-state index contributed by atoms with van der Waals surface area (Å²) >= 11 is 0. The zero-order valence-corrected chi connectivity index (χ0v) is 18.7. The van der Waals surface area contributed by atoms with Gasteiger partial charge in [0.05, 0.1) is 5.69 Å². The summed E-state index contributed by atoms with van der Waals surface area (Å²) in [4.78, 5) is 19.9. The third kappa shape index (κ3) is 4.00. The van der Waals surface area contributed by atoms with Gasteiger partial charge in [0.15, 0.2) is 17.0 Å². The van der Waals surface area contributed by atoms with E-state index in [4.69, 9.17) is 0 Å². The maximum atomic E-state index is 13.9. The molecule has 2 aromatic heterocycles. The Morgan fingerprint density at radius 1 is 1.03 bits per heavy atom. The number of hydrogen-bond acceptors (Lipinski definition) is 3. The Balaban J connectivity index is 1.57. The predicted molar refractivity (Wildman–Crippen MR) is 119 cm³/mol. The Bertz CT molecular complexity index is 1170. The predicted octanol–water partition coefficient (Wildman–Crippen LogP) is 5.84. The van der Waals surface area contributed by atoms with Crippen molar-refractivity contribution < 1.29 is 18.0 Å². The van der Waals surface area contributed by atoms with E-state index < -0.39 is 11.9 Å². The zero-order chi connectivity index (χ0) is 23.3. The van der Waals surface area contributed by atoms with Crippen LogP contribution in [0.2, 0.25) is 0 Å². The fourth-order valence-corrected chi connectivity index (χ4v) is 5.60. The van der Waals surface area contributed by atoms with Crippen LogP contribution in [-0.4, -0.2) is 37.5 Å². The third-order valence-electron chi connectivity index (χ3n) is 7.23. The normalized spacial score (nSPS) is 25.8. The van der Waals surface area contributed by atoms with Gasteiger partial charge in [0.1, 0.15) is 0 Å². The van der Waals surface area contributed by atoms with Crippen molar-refractivity contribution in [1.29, 1.82) is 0 Å². The van der Waals surface area contributed by atoms with Crippen LogP contribution in [0.1, 0.15) is 62.1 Å². The number of likely N-dealkylation sites (tertiary alicyclic amines) is 1. The summed E-state index contributed by atoms with van der Waals surface area (Å²) in [5.74, 6) is 0.785. The van der Waals surface area contributed by atoms with Gasteiger partial charge in [-0.1, -0.05) is 37.3 Å². The lowest BCUT2D eigenvalue weighted by Gasteiger charge is -2.48. The lowest BCUT2D eigenvalue weighted by atomic mass is 9.72. The van der Waals surface area contributed by atoms with E-state index in [1.54, 1.807) is 30.3 Å². The average Bonchev–Trinajstić information content (AvgIpc) is 3.22. The standard InChI is InChI=1S/C25H27F3N4O/c1-15-8-11-21-18(12-15)10-9-16(2)31(21)24(33)20-14-23-29-19(17-6-4-3-5-7-17)13-22(25(26,27)28)32(23)30-20/h3-7,13-16,18,21H,8-12H2,1-2H3/t15-,16+,18-,21+/m1/s1. The molecule has 1 saturated heterocycles. The van der Waals surface area contributed by atoms with Gasteiger partial charge in [0, 0.05) is 23.7 Å². The lowest BCUT2D eigenvalue weighted by Crippen LogP contribution is -2.54. The Kier molecular flexibility index (Phi) is 5.41. The molecule has 0 radical (unpaired) electrons. The number of nitrogens with zero attached hydrogens (tertiary/aromatic N) is 4. The van der Waals surface area contributed by atoms with Crippen molar-refractivity contribution in [2.75, 3.05) is 0 Å². The molecule has 33 heavy (non-hydrogen) atoms. The Morgan fingerprint density at radius 3 is 2.52 bits per heavy atom. The highest BCUT2D eigenvalue weighted by Crippen LogP contribution is 2.41. The Morgan fingerprint density at radius 2 is 1.79 bits per heavy atom. The number of aromatic nitrogens is 3. The number of amides is 1. The summed E-state index contributed by atoms with van der Waals surface area (Å²) in [7, 11) is 0. The van der Waals surface area contributed by atoms with E-state index in [0.717, 1.165) is 42.7 Å². The van der Waals surface area contributed by atoms with Crippen molar-refractivity contribution in [3.63, 3.8) is 0 Å². The van der Waals surface area contributed by atoms with Gasteiger partial charge in [-0.25, -0.2) is 9.50 Å². The molecule has 8 heteroatoms. The molecule has 0 N–H and O–H groups in total. The first kappa shape index (κ1) is 21.9. The quantitative estimate of drug-likeness (QED) is 0.487. The maximum absolute atomic E-state index is 13.9. The van der Waals surface area contributed by atoms with Crippen LogP contribution in [0, 0.1) is 11.8 Å². The number of carbonyl (C=O) groups excluding carboxylic acids is 1. The average molecular weight is 457 g/mol. The lowest BCUT2D eigenvalue weighted by molar-refractivity contribution is -0.142. The maximum Gasteiger partial charge on any atom is 0.433 e. The smallest absolute Gasteiger partial charge is 0.331 e. The van der Waals surface area contributed by atoms with Crippen LogP contribution in [0.3, 0.4) is 0 Å². The minimum Gasteiger partial charge on any atom is -0.331 e. The molecule has 5 nitrogen and oxygen atoms in total. The Hall–Kier alpha value is -2.90. The highest BCUT2D eigenvalue weighted by atomic mass is 19.4. The largest absolute Gasteiger partial charge is 0.433 e. The number of hydrogen-bond donors (Lipinski definition) is 0. The van der Waals surface area contributed by atoms with Crippen LogP contribution in [0.25, 0.3) is 16.9 Å². The summed E-state index contributed by atoms with van der Waals surface area (Å²) < 4.78 is 42.5. The molecule has 1 saturated carbocycles. The molecule has 0 unspecified atom stereocenters. The molecule has 5 rings (SSSR count). The number of fused-ring (bicyclic) bond motifs is 2. The van der Waals surface area contributed by atoms with Crippen LogP contribution in [0.15, 0.2) is 42.5 Å². The number of alkyl halides is 3. The molecule has 3 heterocycles. The van der Waals surface area contributed by atoms with E-state index in [-0.39, 0.29) is 35.0 Å². The fourth-order valence-electron chi connectivity index (χ4n) is 5.60. The molecule has 1 aliphatic heterocycles. The van der Waals surface area contributed by atoms with Crippen molar-refractivity contribution in [3.05, 3.63) is 53.9 Å². The van der Waals surface area contributed by atoms with Gasteiger partial charge in [0.25, 0.3) is 5.91 Å². The zero-order valence-electron chi connectivity index (χ0n) is 18.7. The van der Waals surface area contributed by atoms with Gasteiger partial charge in [-0.05, 0) is 56.9 Å². The second-order valence-corrected chi connectivity index (χ2v) is 9.57. The first-order valence-electron chi connectivity index (χ1n) is 11.6. The van der Waals surface area contributed by atoms with Gasteiger partial charge < -0.3 is 4.90 Å². The molecule has 0 spiro atoms. The molecule has 1 aromatic carbocycles. The summed E-state index contributed by atoms with van der Waals surface area (Å²) in [6, 6.07) is 11.3. The summed E-state index contributed by atoms with van der Waals surface area (Å²) in [5.41, 5.74) is -0.137. The summed E-state index contributed by atoms with van der Waals surface area (Å²) in [6.07, 6.45) is 0.428. The van der Waals surface area contributed by atoms with E-state index in [1.165, 1.54) is 6.07 Å². The molecular formula is C25H27F3N4O. The molecule has 4 atom stereocenters. The molecule has 2 fully saturated rings. The minimum atomic E-state index is -4.64. The second-order valence-electron chi connectivity index (χ2n) is 9.57. The van der Waals surface area contributed by atoms with Gasteiger partial charge in [0.2, 0.25) is 0 Å². The minimum absolute atomic E-state index is 0.0179. The first-order chi connectivity index (χ1) is 15.7. The third-order valence-corrected chi connectivity index (χ3v) is 7.23. The topological polar surface area (TPSA) is 50.5 Å². The number of benzene rings is 1. The van der Waals surface area contributed by atoms with Crippen molar-refractivity contribution in [1.82, 2.24) is 19.5 Å². The van der Waals surface area contributed by atoms with E-state index in [0.29, 0.717) is 17.4 Å². The van der Waals surface area contributed by atoms with Crippen molar-refractivity contribution in [3.8, 4) is 11.3 Å². The second kappa shape index (κ2) is 8.15. The van der Waals surface area contributed by atoms with Gasteiger partial charge in [-0.15, -0.1) is 0 Å². The summed E-state index contributed by atoms with van der Waals surface area (Å²) in [5, 5.41) is 4.12. The van der Waals surface area contributed by atoms with E-state index in [9.17, 15) is 18.0 Å². The van der Waals surface area contributed by atoms with Gasteiger partial charge >= 0.3 is 6.18 Å². The molecule has 1 amide bonds. The molecule has 174 valence electrons. The number of halogens is 3. The summed E-state index contributed by atoms with van der Waals surface area (Å²) in [6.45, 7) is 4.27. The molecule has 1 aliphatic carbocycles. The van der Waals surface area contributed by atoms with E-state index >= 15 is 0 Å². The Labute approximate surface area is 190 Å². The molecule has 3 aromatic rings. The van der Waals surface area contributed by atoms with E-state index in [2.05, 4.69) is 17.0 Å². The van der Waals surface area contributed by atoms with Crippen LogP contribution in [0.5, 0.6) is 0 Å². The van der Waals surface area contributed by atoms with Crippen LogP contribution in [-0.2, 0) is 6.18 Å². The molecule has 0 bridgehead atoms. The van der Waals surface area contributed by atoms with Gasteiger partial charge in [-0.3, -0.25) is 4.79 Å². The number of rotatable bonds is 2. The van der Waals surface area contributed by atoms with Crippen molar-refractivity contribution in [2.24, 2.45) is 11.8 Å².